The van der Waals surface area contributed by atoms with Crippen molar-refractivity contribution in [3.8, 4) is 11.5 Å². The van der Waals surface area contributed by atoms with Gasteiger partial charge in [0.2, 0.25) is 0 Å². The average molecular weight is 361 g/mol. The molecule has 0 atom stereocenters. The van der Waals surface area contributed by atoms with Gasteiger partial charge in [-0.05, 0) is 49.8 Å². The van der Waals surface area contributed by atoms with Crippen LogP contribution >= 0.6 is 0 Å². The van der Waals surface area contributed by atoms with E-state index in [1.54, 1.807) is 37.3 Å². The van der Waals surface area contributed by atoms with Crippen molar-refractivity contribution in [1.82, 2.24) is 0 Å². The Balaban J connectivity index is 1.81. The zero-order valence-electron chi connectivity index (χ0n) is 14.9. The van der Waals surface area contributed by atoms with Gasteiger partial charge in [0.25, 0.3) is 0 Å². The Morgan fingerprint density at radius 1 is 1.22 bits per heavy atom. The second-order valence-corrected chi connectivity index (χ2v) is 6.29. The number of allylic oxidation sites excluding steroid dienone is 3. The van der Waals surface area contributed by atoms with Gasteiger partial charge in [0.1, 0.15) is 23.0 Å². The van der Waals surface area contributed by atoms with Gasteiger partial charge in [-0.15, -0.1) is 0 Å². The molecule has 136 valence electrons. The summed E-state index contributed by atoms with van der Waals surface area (Å²) in [5.74, 6) is 1.26. The molecule has 1 aliphatic carbocycles. The van der Waals surface area contributed by atoms with E-state index in [1.165, 1.54) is 0 Å². The lowest BCUT2D eigenvalue weighted by Gasteiger charge is -2.13. The van der Waals surface area contributed by atoms with Crippen molar-refractivity contribution in [2.45, 2.75) is 19.8 Å². The first-order chi connectivity index (χ1) is 13.2. The molecule has 0 amide bonds. The number of benzene rings is 2. The highest BCUT2D eigenvalue weighted by Crippen LogP contribution is 2.34. The molecule has 1 N–H and O–H groups in total. The van der Waals surface area contributed by atoms with Gasteiger partial charge in [-0.2, -0.15) is 0 Å². The summed E-state index contributed by atoms with van der Waals surface area (Å²) in [6, 6.07) is 12.1. The van der Waals surface area contributed by atoms with Crippen LogP contribution in [0, 0.1) is 0 Å². The minimum atomic E-state index is -0.353. The first-order valence-corrected chi connectivity index (χ1v) is 8.93. The maximum atomic E-state index is 11.9. The first-order valence-electron chi connectivity index (χ1n) is 8.93. The summed E-state index contributed by atoms with van der Waals surface area (Å²) in [5.41, 5.74) is 3.49. The van der Waals surface area contributed by atoms with Crippen molar-refractivity contribution in [1.29, 1.82) is 0 Å². The molecule has 1 aliphatic heterocycles. The molecule has 0 saturated carbocycles. The highest BCUT2D eigenvalue weighted by molar-refractivity contribution is 6.15. The van der Waals surface area contributed by atoms with E-state index in [0.717, 1.165) is 29.9 Å². The summed E-state index contributed by atoms with van der Waals surface area (Å²) in [6.07, 6.45) is 5.72. The lowest BCUT2D eigenvalue weighted by molar-refractivity contribution is 0.0526. The van der Waals surface area contributed by atoms with Crippen LogP contribution in [0.4, 0.5) is 0 Å². The quantitative estimate of drug-likeness (QED) is 0.825. The summed E-state index contributed by atoms with van der Waals surface area (Å²) in [4.78, 5) is 16.7. The number of hydrogen-bond acceptors (Lipinski definition) is 5. The largest absolute Gasteiger partial charge is 0.508 e. The molecule has 0 saturated heterocycles. The van der Waals surface area contributed by atoms with Gasteiger partial charge in [-0.25, -0.2) is 9.79 Å². The second kappa shape index (κ2) is 7.11. The molecule has 5 heteroatoms. The molecule has 27 heavy (non-hydrogen) atoms. The molecule has 0 spiro atoms. The third kappa shape index (κ3) is 3.36. The summed E-state index contributed by atoms with van der Waals surface area (Å²) < 4.78 is 11.1. The predicted molar refractivity (Wildman–Crippen MR) is 102 cm³/mol. The number of phenols is 1. The Bertz CT molecular complexity index is 984. The van der Waals surface area contributed by atoms with Crippen molar-refractivity contribution < 1.29 is 19.4 Å². The second-order valence-electron chi connectivity index (χ2n) is 6.29. The van der Waals surface area contributed by atoms with E-state index in [-0.39, 0.29) is 11.7 Å². The van der Waals surface area contributed by atoms with Crippen molar-refractivity contribution >= 4 is 11.7 Å². The van der Waals surface area contributed by atoms with Crippen LogP contribution in [0.3, 0.4) is 0 Å². The number of rotatable bonds is 3. The van der Waals surface area contributed by atoms with E-state index in [9.17, 15) is 9.90 Å². The molecule has 4 rings (SSSR count). The van der Waals surface area contributed by atoms with E-state index in [4.69, 9.17) is 14.5 Å². The molecular formula is C22H19NO4. The monoisotopic (exact) mass is 361 g/mol. The molecular weight excluding hydrogens is 342 g/mol. The topological polar surface area (TPSA) is 68.1 Å². The van der Waals surface area contributed by atoms with Crippen LogP contribution in [0.15, 0.2) is 71.1 Å². The average Bonchev–Trinajstić information content (AvgIpc) is 2.85. The lowest BCUT2D eigenvalue weighted by atomic mass is 9.99. The van der Waals surface area contributed by atoms with Gasteiger partial charge < -0.3 is 14.6 Å². The molecule has 0 unspecified atom stereocenters. The van der Waals surface area contributed by atoms with Crippen LogP contribution in [0.25, 0.3) is 0 Å². The SMILES string of the molecule is CCOC(=O)c1ccc(C2=NC3=C(CCC=C3)Oc3ccc(O)cc32)cc1. The standard InChI is InChI=1S/C22H19NO4/c1-2-26-22(25)15-9-7-14(8-10-15)21-17-13-16(24)11-12-19(17)27-20-6-4-3-5-18(20)23-21/h3,5,7-13,24H,2,4,6H2,1H3. The first kappa shape index (κ1) is 17.1. The highest BCUT2D eigenvalue weighted by Gasteiger charge is 2.22. The Labute approximate surface area is 157 Å². The fourth-order valence-electron chi connectivity index (χ4n) is 3.14. The van der Waals surface area contributed by atoms with Crippen LogP contribution < -0.4 is 4.74 Å². The molecule has 0 aromatic heterocycles. The summed E-state index contributed by atoms with van der Waals surface area (Å²) >= 11 is 0. The summed E-state index contributed by atoms with van der Waals surface area (Å²) in [6.45, 7) is 2.11. The summed E-state index contributed by atoms with van der Waals surface area (Å²) in [7, 11) is 0. The molecule has 2 aromatic carbocycles. The summed E-state index contributed by atoms with van der Waals surface area (Å²) in [5, 5.41) is 9.98. The van der Waals surface area contributed by atoms with Crippen molar-refractivity contribution in [2.75, 3.05) is 6.61 Å². The molecule has 2 aromatic rings. The van der Waals surface area contributed by atoms with Crippen molar-refractivity contribution in [2.24, 2.45) is 4.99 Å². The van der Waals surface area contributed by atoms with Crippen molar-refractivity contribution in [3.63, 3.8) is 0 Å². The van der Waals surface area contributed by atoms with Gasteiger partial charge in [0.15, 0.2) is 0 Å². The predicted octanol–water partition coefficient (Wildman–Crippen LogP) is 4.36. The van der Waals surface area contributed by atoms with Crippen molar-refractivity contribution in [3.05, 3.63) is 82.8 Å². The molecule has 1 heterocycles. The number of carbonyl (C=O) groups excluding carboxylic acids is 1. The normalized spacial score (nSPS) is 15.2. The highest BCUT2D eigenvalue weighted by atomic mass is 16.5. The third-order valence-electron chi connectivity index (χ3n) is 4.45. The molecule has 5 nitrogen and oxygen atoms in total. The number of ether oxygens (including phenoxy) is 2. The fraction of sp³-hybridized carbons (Fsp3) is 0.182. The molecule has 2 aliphatic rings. The van der Waals surface area contributed by atoms with E-state index in [1.807, 2.05) is 18.2 Å². The van der Waals surface area contributed by atoms with E-state index < -0.39 is 0 Å². The number of nitrogens with zero attached hydrogens (tertiary/aromatic N) is 1. The molecule has 0 bridgehead atoms. The van der Waals surface area contributed by atoms with Crippen LogP contribution in [-0.2, 0) is 4.74 Å². The van der Waals surface area contributed by atoms with E-state index in [2.05, 4.69) is 6.08 Å². The Kier molecular flexibility index (Phi) is 4.50. The maximum Gasteiger partial charge on any atom is 0.338 e. The number of aliphatic imine (C=N–C) groups is 1. The van der Waals surface area contributed by atoms with Gasteiger partial charge in [-0.1, -0.05) is 18.2 Å². The van der Waals surface area contributed by atoms with Crippen LogP contribution in [0.5, 0.6) is 11.5 Å². The zero-order valence-corrected chi connectivity index (χ0v) is 14.9. The van der Waals surface area contributed by atoms with Crippen LogP contribution in [-0.4, -0.2) is 23.4 Å². The number of esters is 1. The Hall–Kier alpha value is -3.34. The Morgan fingerprint density at radius 2 is 2.04 bits per heavy atom. The van der Waals surface area contributed by atoms with Gasteiger partial charge in [0.05, 0.1) is 17.9 Å². The van der Waals surface area contributed by atoms with Gasteiger partial charge in [0, 0.05) is 17.5 Å². The minimum absolute atomic E-state index is 0.142. The van der Waals surface area contributed by atoms with Gasteiger partial charge >= 0.3 is 5.97 Å². The van der Waals surface area contributed by atoms with E-state index >= 15 is 0 Å². The molecule has 0 fully saturated rings. The number of fused-ring (bicyclic) bond motifs is 1. The van der Waals surface area contributed by atoms with Gasteiger partial charge in [-0.3, -0.25) is 0 Å². The minimum Gasteiger partial charge on any atom is -0.508 e. The number of carbonyl (C=O) groups is 1. The maximum absolute atomic E-state index is 11.9. The smallest absolute Gasteiger partial charge is 0.338 e. The van der Waals surface area contributed by atoms with E-state index in [0.29, 0.717) is 29.2 Å². The number of hydrogen-bond donors (Lipinski definition) is 1. The lowest BCUT2D eigenvalue weighted by Crippen LogP contribution is -2.07. The Morgan fingerprint density at radius 3 is 2.81 bits per heavy atom. The fourth-order valence-corrected chi connectivity index (χ4v) is 3.14. The zero-order chi connectivity index (χ0) is 18.8. The molecule has 0 radical (unpaired) electrons. The number of aromatic hydroxyl groups is 1. The third-order valence-corrected chi connectivity index (χ3v) is 4.45. The van der Waals surface area contributed by atoms with Crippen LogP contribution in [0.2, 0.25) is 0 Å². The van der Waals surface area contributed by atoms with Crippen LogP contribution in [0.1, 0.15) is 41.3 Å². The number of phenolic OH excluding ortho intramolecular Hbond substituents is 1.